The van der Waals surface area contributed by atoms with Crippen LogP contribution in [0, 0.1) is 5.82 Å². The van der Waals surface area contributed by atoms with E-state index in [0.29, 0.717) is 6.04 Å². The molecule has 1 saturated heterocycles. The highest BCUT2D eigenvalue weighted by molar-refractivity contribution is 5.17. The number of halogens is 1. The van der Waals surface area contributed by atoms with E-state index in [-0.39, 0.29) is 5.82 Å². The average molecular weight is 208 g/mol. The fraction of sp³-hybridized carbons (Fsp3) is 0.500. The second-order valence-corrected chi connectivity index (χ2v) is 4.24. The molecule has 1 heterocycles. The molecule has 0 amide bonds. The first-order valence-electron chi connectivity index (χ1n) is 5.40. The first-order valence-corrected chi connectivity index (χ1v) is 5.40. The van der Waals surface area contributed by atoms with Gasteiger partial charge in [0.25, 0.3) is 0 Å². The molecule has 15 heavy (non-hydrogen) atoms. The lowest BCUT2D eigenvalue weighted by Gasteiger charge is -2.30. The third-order valence-corrected chi connectivity index (χ3v) is 2.85. The molecule has 1 aliphatic rings. The normalized spacial score (nSPS) is 22.9. The van der Waals surface area contributed by atoms with Crippen LogP contribution in [0.1, 0.15) is 5.56 Å². The van der Waals surface area contributed by atoms with Crippen molar-refractivity contribution in [1.82, 2.24) is 10.2 Å². The van der Waals surface area contributed by atoms with Gasteiger partial charge in [-0.1, -0.05) is 12.1 Å². The largest absolute Gasteiger partial charge is 0.311 e. The maximum absolute atomic E-state index is 12.7. The molecule has 82 valence electrons. The van der Waals surface area contributed by atoms with Gasteiger partial charge >= 0.3 is 0 Å². The van der Waals surface area contributed by atoms with Crippen LogP contribution in [0.2, 0.25) is 0 Å². The van der Waals surface area contributed by atoms with E-state index in [1.165, 1.54) is 17.7 Å². The molecule has 1 atom stereocenters. The molecule has 1 fully saturated rings. The van der Waals surface area contributed by atoms with Crippen LogP contribution in [-0.4, -0.2) is 37.6 Å². The molecule has 2 rings (SSSR count). The van der Waals surface area contributed by atoms with Crippen LogP contribution in [0.25, 0.3) is 0 Å². The van der Waals surface area contributed by atoms with Gasteiger partial charge in [0.15, 0.2) is 0 Å². The van der Waals surface area contributed by atoms with Gasteiger partial charge in [-0.2, -0.15) is 0 Å². The Labute approximate surface area is 90.1 Å². The summed E-state index contributed by atoms with van der Waals surface area (Å²) in [6.45, 7) is 3.22. The second-order valence-electron chi connectivity index (χ2n) is 4.24. The molecule has 1 N–H and O–H groups in total. The molecule has 0 radical (unpaired) electrons. The zero-order valence-corrected chi connectivity index (χ0v) is 9.04. The molecule has 0 bridgehead atoms. The van der Waals surface area contributed by atoms with Crippen molar-refractivity contribution in [1.29, 1.82) is 0 Å². The minimum Gasteiger partial charge on any atom is -0.311 e. The molecule has 2 nitrogen and oxygen atoms in total. The van der Waals surface area contributed by atoms with Crippen molar-refractivity contribution >= 4 is 0 Å². The van der Waals surface area contributed by atoms with Crippen molar-refractivity contribution in [3.63, 3.8) is 0 Å². The van der Waals surface area contributed by atoms with Gasteiger partial charge in [-0.05, 0) is 31.2 Å². The van der Waals surface area contributed by atoms with Crippen molar-refractivity contribution in [3.8, 4) is 0 Å². The van der Waals surface area contributed by atoms with Crippen LogP contribution in [0.3, 0.4) is 0 Å². The molecule has 1 aliphatic heterocycles. The molecule has 0 spiro atoms. The van der Waals surface area contributed by atoms with Crippen LogP contribution in [-0.2, 0) is 6.42 Å². The smallest absolute Gasteiger partial charge is 0.123 e. The SMILES string of the molecule is CN1CCNC(Cc2ccc(F)cc2)C1. The number of benzene rings is 1. The summed E-state index contributed by atoms with van der Waals surface area (Å²) in [4.78, 5) is 2.32. The summed E-state index contributed by atoms with van der Waals surface area (Å²) >= 11 is 0. The monoisotopic (exact) mass is 208 g/mol. The highest BCUT2D eigenvalue weighted by atomic mass is 19.1. The van der Waals surface area contributed by atoms with Crippen LogP contribution in [0.5, 0.6) is 0 Å². The van der Waals surface area contributed by atoms with E-state index in [0.717, 1.165) is 26.1 Å². The zero-order chi connectivity index (χ0) is 10.7. The predicted molar refractivity (Wildman–Crippen MR) is 59.4 cm³/mol. The maximum Gasteiger partial charge on any atom is 0.123 e. The van der Waals surface area contributed by atoms with Crippen LogP contribution >= 0.6 is 0 Å². The summed E-state index contributed by atoms with van der Waals surface area (Å²) in [5, 5.41) is 3.48. The quantitative estimate of drug-likeness (QED) is 0.787. The van der Waals surface area contributed by atoms with E-state index in [9.17, 15) is 4.39 Å². The minimum absolute atomic E-state index is 0.160. The fourth-order valence-corrected chi connectivity index (χ4v) is 2.03. The van der Waals surface area contributed by atoms with Crippen molar-refractivity contribution in [2.45, 2.75) is 12.5 Å². The van der Waals surface area contributed by atoms with E-state index < -0.39 is 0 Å². The lowest BCUT2D eigenvalue weighted by Crippen LogP contribution is -2.49. The first-order chi connectivity index (χ1) is 7.24. The van der Waals surface area contributed by atoms with Crippen molar-refractivity contribution in [2.24, 2.45) is 0 Å². The number of rotatable bonds is 2. The number of nitrogens with one attached hydrogen (secondary N) is 1. The molecule has 1 unspecified atom stereocenters. The van der Waals surface area contributed by atoms with Gasteiger partial charge in [-0.25, -0.2) is 4.39 Å². The summed E-state index contributed by atoms with van der Waals surface area (Å²) < 4.78 is 12.7. The molecule has 0 aliphatic carbocycles. The van der Waals surface area contributed by atoms with Crippen LogP contribution in [0.4, 0.5) is 4.39 Å². The summed E-state index contributed by atoms with van der Waals surface area (Å²) in [7, 11) is 2.14. The Bertz CT molecular complexity index is 310. The van der Waals surface area contributed by atoms with Crippen molar-refractivity contribution in [2.75, 3.05) is 26.7 Å². The Morgan fingerprint density at radius 2 is 2.13 bits per heavy atom. The van der Waals surface area contributed by atoms with E-state index in [4.69, 9.17) is 0 Å². The molecular formula is C12H17FN2. The summed E-state index contributed by atoms with van der Waals surface area (Å²) in [5.74, 6) is -0.160. The Balaban J connectivity index is 1.93. The van der Waals surface area contributed by atoms with Crippen molar-refractivity contribution in [3.05, 3.63) is 35.6 Å². The van der Waals surface area contributed by atoms with Gasteiger partial charge in [0.05, 0.1) is 0 Å². The number of piperazine rings is 1. The van der Waals surface area contributed by atoms with Gasteiger partial charge < -0.3 is 10.2 Å². The average Bonchev–Trinajstić information content (AvgIpc) is 2.22. The standard InChI is InChI=1S/C12H17FN2/c1-15-7-6-14-12(9-15)8-10-2-4-11(13)5-3-10/h2-5,12,14H,6-9H2,1H3. The molecule has 0 saturated carbocycles. The Kier molecular flexibility index (Phi) is 3.34. The Morgan fingerprint density at radius 3 is 2.80 bits per heavy atom. The molecular weight excluding hydrogens is 191 g/mol. The zero-order valence-electron chi connectivity index (χ0n) is 9.04. The van der Waals surface area contributed by atoms with Crippen molar-refractivity contribution < 1.29 is 4.39 Å². The summed E-state index contributed by atoms with van der Waals surface area (Å²) in [6, 6.07) is 7.29. The van der Waals surface area contributed by atoms with Crippen LogP contribution < -0.4 is 5.32 Å². The Morgan fingerprint density at radius 1 is 1.40 bits per heavy atom. The number of hydrogen-bond acceptors (Lipinski definition) is 2. The van der Waals surface area contributed by atoms with Gasteiger partial charge in [0.2, 0.25) is 0 Å². The van der Waals surface area contributed by atoms with E-state index in [1.807, 2.05) is 12.1 Å². The third-order valence-electron chi connectivity index (χ3n) is 2.85. The minimum atomic E-state index is -0.160. The lowest BCUT2D eigenvalue weighted by molar-refractivity contribution is 0.238. The predicted octanol–water partition coefficient (Wildman–Crippen LogP) is 1.27. The third kappa shape index (κ3) is 3.01. The summed E-state index contributed by atoms with van der Waals surface area (Å²) in [6.07, 6.45) is 0.977. The van der Waals surface area contributed by atoms with E-state index in [1.54, 1.807) is 0 Å². The molecule has 1 aromatic carbocycles. The molecule has 3 heteroatoms. The highest BCUT2D eigenvalue weighted by Gasteiger charge is 2.16. The van der Waals surface area contributed by atoms with E-state index >= 15 is 0 Å². The highest BCUT2D eigenvalue weighted by Crippen LogP contribution is 2.08. The topological polar surface area (TPSA) is 15.3 Å². The molecule has 1 aromatic rings. The van der Waals surface area contributed by atoms with Gasteiger partial charge in [0.1, 0.15) is 5.82 Å². The fourth-order valence-electron chi connectivity index (χ4n) is 2.03. The number of nitrogens with zero attached hydrogens (tertiary/aromatic N) is 1. The number of hydrogen-bond donors (Lipinski definition) is 1. The maximum atomic E-state index is 12.7. The van der Waals surface area contributed by atoms with Gasteiger partial charge in [-0.3, -0.25) is 0 Å². The second kappa shape index (κ2) is 4.73. The van der Waals surface area contributed by atoms with Gasteiger partial charge in [0, 0.05) is 25.7 Å². The van der Waals surface area contributed by atoms with E-state index in [2.05, 4.69) is 17.3 Å². The lowest BCUT2D eigenvalue weighted by atomic mass is 10.0. The van der Waals surface area contributed by atoms with Gasteiger partial charge in [-0.15, -0.1) is 0 Å². The summed E-state index contributed by atoms with van der Waals surface area (Å²) in [5.41, 5.74) is 1.20. The molecule has 0 aromatic heterocycles. The number of likely N-dealkylation sites (N-methyl/N-ethyl adjacent to an activating group) is 1. The first kappa shape index (κ1) is 10.6. The Hall–Kier alpha value is -0.930. The van der Waals surface area contributed by atoms with Crippen LogP contribution in [0.15, 0.2) is 24.3 Å².